The van der Waals surface area contributed by atoms with Gasteiger partial charge in [-0.3, -0.25) is 4.79 Å². The molecule has 1 saturated heterocycles. The van der Waals surface area contributed by atoms with Gasteiger partial charge in [0.05, 0.1) is 26.9 Å². The lowest BCUT2D eigenvalue weighted by Gasteiger charge is -2.26. The van der Waals surface area contributed by atoms with E-state index in [0.29, 0.717) is 19.8 Å². The van der Waals surface area contributed by atoms with Crippen molar-refractivity contribution in [3.05, 3.63) is 23.8 Å². The van der Waals surface area contributed by atoms with Gasteiger partial charge in [-0.05, 0) is 25.1 Å². The highest BCUT2D eigenvalue weighted by molar-refractivity contribution is 7.89. The number of rotatable bonds is 7. The van der Waals surface area contributed by atoms with Gasteiger partial charge >= 0.3 is 0 Å². The average molecular weight is 372 g/mol. The number of nitrogens with one attached hydrogen (secondary N) is 1. The lowest BCUT2D eigenvalue weighted by molar-refractivity contribution is 0.0729. The highest BCUT2D eigenvalue weighted by Crippen LogP contribution is 2.28. The normalized spacial score (nSPS) is 17.1. The van der Waals surface area contributed by atoms with Gasteiger partial charge < -0.3 is 19.5 Å². The molecule has 1 amide bonds. The van der Waals surface area contributed by atoms with Crippen LogP contribution in [0.15, 0.2) is 23.1 Å². The summed E-state index contributed by atoms with van der Waals surface area (Å²) in [6.45, 7) is 3.39. The molecule has 0 bridgehead atoms. The van der Waals surface area contributed by atoms with Gasteiger partial charge in [0.15, 0.2) is 0 Å². The monoisotopic (exact) mass is 372 g/mol. The first-order valence-corrected chi connectivity index (χ1v) is 9.40. The van der Waals surface area contributed by atoms with Crippen molar-refractivity contribution in [1.29, 1.82) is 0 Å². The van der Waals surface area contributed by atoms with E-state index in [1.54, 1.807) is 14.0 Å². The van der Waals surface area contributed by atoms with Gasteiger partial charge in [0.2, 0.25) is 10.0 Å². The molecule has 140 valence electrons. The standard InChI is InChI=1S/C16H24N2O6S/c1-12(11-22-2)17-16(19)13-4-5-14(23-3)15(10-13)25(20,21)18-6-8-24-9-7-18/h4-5,10,12H,6-9,11H2,1-3H3,(H,17,19)/t12-/m0/s1. The molecule has 0 aliphatic carbocycles. The first-order chi connectivity index (χ1) is 11.9. The summed E-state index contributed by atoms with van der Waals surface area (Å²) in [5, 5.41) is 2.76. The second-order valence-corrected chi connectivity index (χ2v) is 7.62. The molecule has 25 heavy (non-hydrogen) atoms. The second-order valence-electron chi connectivity index (χ2n) is 5.71. The van der Waals surface area contributed by atoms with Crippen LogP contribution in [0.1, 0.15) is 17.3 Å². The Morgan fingerprint density at radius 3 is 2.60 bits per heavy atom. The molecule has 1 N–H and O–H groups in total. The smallest absolute Gasteiger partial charge is 0.251 e. The minimum atomic E-state index is -3.78. The van der Waals surface area contributed by atoms with Crippen LogP contribution < -0.4 is 10.1 Å². The van der Waals surface area contributed by atoms with Gasteiger partial charge in [-0.25, -0.2) is 8.42 Å². The number of carbonyl (C=O) groups is 1. The molecular formula is C16H24N2O6S. The number of hydrogen-bond acceptors (Lipinski definition) is 6. The molecule has 0 aromatic heterocycles. The predicted octanol–water partition coefficient (Wildman–Crippen LogP) is 0.481. The molecule has 1 fully saturated rings. The van der Waals surface area contributed by atoms with Gasteiger partial charge in [-0.15, -0.1) is 0 Å². The van der Waals surface area contributed by atoms with E-state index in [-0.39, 0.29) is 41.2 Å². The maximum Gasteiger partial charge on any atom is 0.251 e. The second kappa shape index (κ2) is 8.61. The molecule has 9 heteroatoms. The van der Waals surface area contributed by atoms with E-state index < -0.39 is 10.0 Å². The van der Waals surface area contributed by atoms with Gasteiger partial charge in [0, 0.05) is 31.8 Å². The third kappa shape index (κ3) is 4.69. The van der Waals surface area contributed by atoms with E-state index in [2.05, 4.69) is 5.32 Å². The lowest BCUT2D eigenvalue weighted by Crippen LogP contribution is -2.41. The molecule has 1 heterocycles. The summed E-state index contributed by atoms with van der Waals surface area (Å²) in [4.78, 5) is 12.3. The number of hydrogen-bond donors (Lipinski definition) is 1. The summed E-state index contributed by atoms with van der Waals surface area (Å²) < 4.78 is 42.5. The fraction of sp³-hybridized carbons (Fsp3) is 0.562. The van der Waals surface area contributed by atoms with Crippen molar-refractivity contribution in [3.63, 3.8) is 0 Å². The van der Waals surface area contributed by atoms with E-state index in [1.807, 2.05) is 0 Å². The molecular weight excluding hydrogens is 348 g/mol. The molecule has 1 aromatic carbocycles. The quantitative estimate of drug-likeness (QED) is 0.748. The molecule has 1 aliphatic rings. The van der Waals surface area contributed by atoms with E-state index >= 15 is 0 Å². The maximum atomic E-state index is 12.9. The minimum absolute atomic E-state index is 0.0241. The minimum Gasteiger partial charge on any atom is -0.495 e. The topological polar surface area (TPSA) is 94.2 Å². The number of morpholine rings is 1. The van der Waals surface area contributed by atoms with Crippen LogP contribution in [0.5, 0.6) is 5.75 Å². The van der Waals surface area contributed by atoms with Crippen molar-refractivity contribution in [2.75, 3.05) is 47.1 Å². The zero-order valence-electron chi connectivity index (χ0n) is 14.6. The highest BCUT2D eigenvalue weighted by atomic mass is 32.2. The van der Waals surface area contributed by atoms with Crippen LogP contribution in [0.25, 0.3) is 0 Å². The third-order valence-electron chi connectivity index (χ3n) is 3.81. The third-order valence-corrected chi connectivity index (χ3v) is 5.73. The average Bonchev–Trinajstić information content (AvgIpc) is 2.62. The Hall–Kier alpha value is -1.68. The van der Waals surface area contributed by atoms with Crippen molar-refractivity contribution in [1.82, 2.24) is 9.62 Å². The van der Waals surface area contributed by atoms with Crippen molar-refractivity contribution >= 4 is 15.9 Å². The molecule has 0 spiro atoms. The van der Waals surface area contributed by atoms with Crippen LogP contribution in [-0.2, 0) is 19.5 Å². The fourth-order valence-electron chi connectivity index (χ4n) is 2.54. The maximum absolute atomic E-state index is 12.9. The highest BCUT2D eigenvalue weighted by Gasteiger charge is 2.30. The Labute approximate surface area is 148 Å². The summed E-state index contributed by atoms with van der Waals surface area (Å²) in [5.74, 6) is -0.168. The SMILES string of the molecule is COC[C@H](C)NC(=O)c1ccc(OC)c(S(=O)(=O)N2CCOCC2)c1. The zero-order chi connectivity index (χ0) is 18.4. The van der Waals surface area contributed by atoms with E-state index in [0.717, 1.165) is 0 Å². The molecule has 8 nitrogen and oxygen atoms in total. The largest absolute Gasteiger partial charge is 0.495 e. The number of sulfonamides is 1. The molecule has 1 aromatic rings. The van der Waals surface area contributed by atoms with Crippen molar-refractivity contribution < 1.29 is 27.4 Å². The van der Waals surface area contributed by atoms with Crippen LogP contribution in [0.4, 0.5) is 0 Å². The Morgan fingerprint density at radius 2 is 2.00 bits per heavy atom. The first-order valence-electron chi connectivity index (χ1n) is 7.96. The Balaban J connectivity index is 2.32. The van der Waals surface area contributed by atoms with Crippen LogP contribution in [0.3, 0.4) is 0 Å². The molecule has 0 unspecified atom stereocenters. The Kier molecular flexibility index (Phi) is 6.77. The number of amides is 1. The molecule has 1 aliphatic heterocycles. The molecule has 1 atom stereocenters. The number of carbonyl (C=O) groups excluding carboxylic acids is 1. The summed E-state index contributed by atoms with van der Waals surface area (Å²) in [5.41, 5.74) is 0.246. The first kappa shape index (κ1) is 19.6. The van der Waals surface area contributed by atoms with Crippen molar-refractivity contribution in [2.45, 2.75) is 17.9 Å². The van der Waals surface area contributed by atoms with Crippen LogP contribution >= 0.6 is 0 Å². The number of methoxy groups -OCH3 is 2. The Morgan fingerprint density at radius 1 is 1.32 bits per heavy atom. The van der Waals surface area contributed by atoms with Gasteiger partial charge in [-0.1, -0.05) is 0 Å². The Bertz CT molecular complexity index is 701. The zero-order valence-corrected chi connectivity index (χ0v) is 15.5. The number of benzene rings is 1. The summed E-state index contributed by atoms with van der Waals surface area (Å²) in [6.07, 6.45) is 0. The van der Waals surface area contributed by atoms with Crippen LogP contribution in [-0.4, -0.2) is 71.8 Å². The molecule has 0 radical (unpaired) electrons. The van der Waals surface area contributed by atoms with Crippen LogP contribution in [0, 0.1) is 0 Å². The van der Waals surface area contributed by atoms with Crippen molar-refractivity contribution in [2.24, 2.45) is 0 Å². The van der Waals surface area contributed by atoms with E-state index in [4.69, 9.17) is 14.2 Å². The molecule has 0 saturated carbocycles. The summed E-state index contributed by atoms with van der Waals surface area (Å²) >= 11 is 0. The van der Waals surface area contributed by atoms with Gasteiger partial charge in [-0.2, -0.15) is 4.31 Å². The van der Waals surface area contributed by atoms with Crippen molar-refractivity contribution in [3.8, 4) is 5.75 Å². The van der Waals surface area contributed by atoms with Gasteiger partial charge in [0.1, 0.15) is 10.6 Å². The van der Waals surface area contributed by atoms with E-state index in [1.165, 1.54) is 29.6 Å². The summed E-state index contributed by atoms with van der Waals surface area (Å²) in [6, 6.07) is 4.17. The predicted molar refractivity (Wildman–Crippen MR) is 91.4 cm³/mol. The van der Waals surface area contributed by atoms with Crippen LogP contribution in [0.2, 0.25) is 0 Å². The number of nitrogens with zero attached hydrogens (tertiary/aromatic N) is 1. The fourth-order valence-corrected chi connectivity index (χ4v) is 4.13. The van der Waals surface area contributed by atoms with Gasteiger partial charge in [0.25, 0.3) is 5.91 Å². The molecule has 2 rings (SSSR count). The summed E-state index contributed by atoms with van der Waals surface area (Å²) in [7, 11) is -0.834. The van der Waals surface area contributed by atoms with E-state index in [9.17, 15) is 13.2 Å². The lowest BCUT2D eigenvalue weighted by atomic mass is 10.2. The number of ether oxygens (including phenoxy) is 3.